The highest BCUT2D eigenvalue weighted by Gasteiger charge is 2.08. The van der Waals surface area contributed by atoms with Gasteiger partial charge in [0.1, 0.15) is 0 Å². The second-order valence-corrected chi connectivity index (χ2v) is 5.69. The third kappa shape index (κ3) is 5.62. The van der Waals surface area contributed by atoms with E-state index in [9.17, 15) is 4.79 Å². The summed E-state index contributed by atoms with van der Waals surface area (Å²) in [5.74, 6) is -0.283. The van der Waals surface area contributed by atoms with E-state index in [1.165, 1.54) is 12.5 Å². The maximum absolute atomic E-state index is 12.1. The van der Waals surface area contributed by atoms with E-state index in [0.717, 1.165) is 16.7 Å². The Hall–Kier alpha value is -2.85. The number of anilines is 1. The Morgan fingerprint density at radius 2 is 1.96 bits per heavy atom. The van der Waals surface area contributed by atoms with Crippen molar-refractivity contribution in [3.8, 4) is 0 Å². The van der Waals surface area contributed by atoms with E-state index in [-0.39, 0.29) is 12.5 Å². The van der Waals surface area contributed by atoms with Gasteiger partial charge in [0.2, 0.25) is 0 Å². The predicted molar refractivity (Wildman–Crippen MR) is 102 cm³/mol. The van der Waals surface area contributed by atoms with Crippen LogP contribution in [0.2, 0.25) is 5.02 Å². The first-order valence-corrected chi connectivity index (χ1v) is 8.13. The number of hydrogen-bond donors (Lipinski definition) is 2. The van der Waals surface area contributed by atoms with Crippen molar-refractivity contribution in [3.63, 3.8) is 0 Å². The van der Waals surface area contributed by atoms with E-state index < -0.39 is 0 Å². The minimum atomic E-state index is -0.283. The molecule has 0 bridgehead atoms. The molecule has 25 heavy (non-hydrogen) atoms. The van der Waals surface area contributed by atoms with Crippen molar-refractivity contribution in [2.24, 2.45) is 0 Å². The number of carbonyl (C=O) groups excluding carboxylic acids is 1. The van der Waals surface area contributed by atoms with Crippen molar-refractivity contribution < 1.29 is 14.9 Å². The van der Waals surface area contributed by atoms with Gasteiger partial charge < -0.3 is 10.1 Å². The zero-order valence-electron chi connectivity index (χ0n) is 13.9. The van der Waals surface area contributed by atoms with Crippen LogP contribution in [0.1, 0.15) is 11.1 Å². The maximum Gasteiger partial charge on any atom is 0.262 e. The fourth-order valence-electron chi connectivity index (χ4n) is 2.17. The van der Waals surface area contributed by atoms with Crippen LogP contribution in [-0.4, -0.2) is 18.7 Å². The number of aryl methyl sites for hydroxylation is 1. The molecule has 0 aliphatic heterocycles. The van der Waals surface area contributed by atoms with Gasteiger partial charge in [-0.15, -0.1) is 0 Å². The molecule has 0 aliphatic rings. The molecule has 2 aromatic rings. The van der Waals surface area contributed by atoms with Gasteiger partial charge in [0.25, 0.3) is 5.91 Å². The highest BCUT2D eigenvalue weighted by atomic mass is 35.5. The van der Waals surface area contributed by atoms with Gasteiger partial charge >= 0.3 is 0 Å². The van der Waals surface area contributed by atoms with Crippen LogP contribution in [0.4, 0.5) is 5.69 Å². The Morgan fingerprint density at radius 3 is 2.64 bits per heavy atom. The lowest BCUT2D eigenvalue weighted by Gasteiger charge is -2.10. The van der Waals surface area contributed by atoms with Gasteiger partial charge in [-0.05, 0) is 30.2 Å². The zero-order valence-corrected chi connectivity index (χ0v) is 14.7. The smallest absolute Gasteiger partial charge is 0.262 e. The lowest BCUT2D eigenvalue weighted by molar-refractivity contribution is -0.119. The fourth-order valence-corrected chi connectivity index (χ4v) is 2.44. The number of allylic oxidation sites excluding steroid dienone is 3. The monoisotopic (exact) mass is 355 g/mol. The van der Waals surface area contributed by atoms with Crippen LogP contribution in [0.25, 0.3) is 5.57 Å². The van der Waals surface area contributed by atoms with Crippen LogP contribution >= 0.6 is 11.6 Å². The number of halogens is 1. The molecule has 0 saturated carbocycles. The van der Waals surface area contributed by atoms with E-state index >= 15 is 0 Å². The average molecular weight is 356 g/mol. The van der Waals surface area contributed by atoms with E-state index in [1.54, 1.807) is 12.1 Å². The first-order chi connectivity index (χ1) is 12.1. The highest BCUT2D eigenvalue weighted by molar-refractivity contribution is 6.33. The van der Waals surface area contributed by atoms with Gasteiger partial charge in [0, 0.05) is 11.6 Å². The molecule has 0 atom stereocenters. The fraction of sp³-hybridized carbons (Fsp3) is 0.100. The van der Waals surface area contributed by atoms with E-state index in [2.05, 4.69) is 5.32 Å². The third-order valence-corrected chi connectivity index (χ3v) is 3.72. The molecule has 2 aromatic carbocycles. The number of nitrogens with two attached hydrogens (primary N) is 1. The van der Waals surface area contributed by atoms with Gasteiger partial charge in [0.05, 0.1) is 17.0 Å². The van der Waals surface area contributed by atoms with Crippen LogP contribution in [0.3, 0.4) is 0 Å². The zero-order chi connectivity index (χ0) is 18.1. The van der Waals surface area contributed by atoms with E-state index in [0.29, 0.717) is 10.7 Å². The summed E-state index contributed by atoms with van der Waals surface area (Å²) in [4.78, 5) is 12.1. The van der Waals surface area contributed by atoms with Gasteiger partial charge in [-0.1, -0.05) is 54.1 Å². The summed E-state index contributed by atoms with van der Waals surface area (Å²) in [7, 11) is 0. The second kappa shape index (κ2) is 9.45. The number of ether oxygens (including phenoxy) is 1. The number of carbonyl (C=O) groups is 1. The molecule has 0 aliphatic carbocycles. The molecule has 128 valence electrons. The van der Waals surface area contributed by atoms with Crippen LogP contribution in [0, 0.1) is 6.92 Å². The normalized spacial score (nSPS) is 11.4. The van der Waals surface area contributed by atoms with Gasteiger partial charge in [-0.3, -0.25) is 10.2 Å². The van der Waals surface area contributed by atoms with Crippen molar-refractivity contribution in [2.75, 3.05) is 11.9 Å². The van der Waals surface area contributed by atoms with Crippen molar-refractivity contribution in [3.05, 3.63) is 83.1 Å². The summed E-state index contributed by atoms with van der Waals surface area (Å²) < 4.78 is 5.44. The summed E-state index contributed by atoms with van der Waals surface area (Å²) in [5, 5.41) is 8.65. The summed E-state index contributed by atoms with van der Waals surface area (Å²) in [6.07, 6.45) is 6.48. The molecule has 3 N–H and O–H groups in total. The van der Waals surface area contributed by atoms with Gasteiger partial charge in [-0.25, -0.2) is 0 Å². The molecule has 0 heterocycles. The highest BCUT2D eigenvalue weighted by Crippen LogP contribution is 2.25. The quantitative estimate of drug-likeness (QED) is 0.455. The van der Waals surface area contributed by atoms with Crippen molar-refractivity contribution in [1.29, 1.82) is 0 Å². The topological polar surface area (TPSA) is 63.9 Å². The van der Waals surface area contributed by atoms with E-state index in [1.807, 2.05) is 55.5 Å². The van der Waals surface area contributed by atoms with Crippen molar-refractivity contribution in [2.45, 2.75) is 6.92 Å². The lowest BCUT2D eigenvalue weighted by atomic mass is 10.1. The minimum Gasteiger partial charge on any atom is -0.491 e. The largest absolute Gasteiger partial charge is 0.491 e. The van der Waals surface area contributed by atoms with Crippen molar-refractivity contribution >= 4 is 35.0 Å². The molecule has 0 saturated heterocycles. The van der Waals surface area contributed by atoms with E-state index in [4.69, 9.17) is 21.7 Å². The second-order valence-electron chi connectivity index (χ2n) is 5.28. The van der Waals surface area contributed by atoms with Crippen molar-refractivity contribution in [1.82, 2.24) is 0 Å². The van der Waals surface area contributed by atoms with Crippen LogP contribution < -0.4 is 10.7 Å². The Balaban J connectivity index is 2.03. The molecule has 2 rings (SSSR count). The van der Waals surface area contributed by atoms with Crippen LogP contribution in [0.5, 0.6) is 0 Å². The number of benzene rings is 2. The molecular formula is C20H20ClN2O2+. The molecule has 0 radical (unpaired) electrons. The SMILES string of the molecule is Cc1cccc(Cl)c1NC(=O)CO/C=C(\C=C/C=[NH2+])c1ccccc1. The molecule has 5 heteroatoms. The number of nitrogens with one attached hydrogen (secondary N) is 1. The van der Waals surface area contributed by atoms with Crippen LogP contribution in [0.15, 0.2) is 66.9 Å². The Morgan fingerprint density at radius 1 is 1.20 bits per heavy atom. The summed E-state index contributed by atoms with van der Waals surface area (Å²) in [5.41, 5.74) is 3.26. The number of amides is 1. The summed E-state index contributed by atoms with van der Waals surface area (Å²) >= 11 is 6.10. The average Bonchev–Trinajstić information content (AvgIpc) is 2.62. The number of hydrogen-bond acceptors (Lipinski definition) is 2. The molecule has 0 spiro atoms. The Bertz CT molecular complexity index is 778. The molecule has 0 fully saturated rings. The molecule has 1 amide bonds. The Kier molecular flexibility index (Phi) is 6.99. The first kappa shape index (κ1) is 18.5. The Labute approximate surface area is 152 Å². The standard InChI is InChI=1S/C20H19ClN2O2/c1-15-7-5-11-18(21)20(15)23-19(24)14-25-13-17(10-6-12-22)16-8-3-2-4-9-16/h2-13,22H,14H2,1H3,(H,23,24)/p+1/b10-6-,17-13+,22-12?. The number of para-hydroxylation sites is 1. The maximum atomic E-state index is 12.1. The molecule has 0 aromatic heterocycles. The predicted octanol–water partition coefficient (Wildman–Crippen LogP) is 3.03. The molecule has 4 nitrogen and oxygen atoms in total. The first-order valence-electron chi connectivity index (χ1n) is 7.75. The summed E-state index contributed by atoms with van der Waals surface area (Å²) in [6, 6.07) is 15.1. The third-order valence-electron chi connectivity index (χ3n) is 3.41. The lowest BCUT2D eigenvalue weighted by Crippen LogP contribution is -2.28. The minimum absolute atomic E-state index is 0.124. The number of rotatable bonds is 7. The molecule has 0 unspecified atom stereocenters. The van der Waals surface area contributed by atoms with Crippen LogP contribution in [-0.2, 0) is 9.53 Å². The molecular weight excluding hydrogens is 336 g/mol. The summed E-state index contributed by atoms with van der Waals surface area (Å²) in [6.45, 7) is 1.76. The van der Waals surface area contributed by atoms with Gasteiger partial charge in [-0.2, -0.15) is 0 Å². The van der Waals surface area contributed by atoms with Gasteiger partial charge in [0.15, 0.2) is 12.8 Å².